The Morgan fingerprint density at radius 1 is 1.47 bits per heavy atom. The lowest BCUT2D eigenvalue weighted by Gasteiger charge is -2.11. The molecule has 2 rings (SSSR count). The highest BCUT2D eigenvalue weighted by atomic mass is 32.1. The van der Waals surface area contributed by atoms with Crippen LogP contribution in [0.1, 0.15) is 12.8 Å². The van der Waals surface area contributed by atoms with E-state index in [0.717, 1.165) is 0 Å². The SMILES string of the molecule is NC(=S)C1(C(=O)Nc2ncccn2)CC1. The molecule has 5 nitrogen and oxygen atoms in total. The zero-order valence-electron chi connectivity index (χ0n) is 7.93. The molecule has 1 amide bonds. The summed E-state index contributed by atoms with van der Waals surface area (Å²) in [5.41, 5.74) is 4.86. The highest BCUT2D eigenvalue weighted by Gasteiger charge is 2.52. The maximum atomic E-state index is 11.8. The number of carbonyl (C=O) groups is 1. The summed E-state index contributed by atoms with van der Waals surface area (Å²) in [7, 11) is 0. The summed E-state index contributed by atoms with van der Waals surface area (Å²) < 4.78 is 0. The van der Waals surface area contributed by atoms with Crippen LogP contribution in [0.3, 0.4) is 0 Å². The van der Waals surface area contributed by atoms with Gasteiger partial charge < -0.3 is 5.73 Å². The highest BCUT2D eigenvalue weighted by Crippen LogP contribution is 2.46. The van der Waals surface area contributed by atoms with Crippen molar-refractivity contribution in [1.82, 2.24) is 9.97 Å². The van der Waals surface area contributed by atoms with E-state index in [-0.39, 0.29) is 16.8 Å². The molecule has 0 bridgehead atoms. The first kappa shape index (κ1) is 9.97. The van der Waals surface area contributed by atoms with Crippen molar-refractivity contribution in [3.05, 3.63) is 18.5 Å². The number of rotatable bonds is 3. The number of carbonyl (C=O) groups excluding carboxylic acids is 1. The number of nitrogens with zero attached hydrogens (tertiary/aromatic N) is 2. The van der Waals surface area contributed by atoms with Crippen LogP contribution in [-0.4, -0.2) is 20.9 Å². The van der Waals surface area contributed by atoms with Gasteiger partial charge in [-0.1, -0.05) is 12.2 Å². The molecular formula is C9H10N4OS. The molecule has 78 valence electrons. The average molecular weight is 222 g/mol. The molecule has 0 spiro atoms. The summed E-state index contributed by atoms with van der Waals surface area (Å²) in [6.07, 6.45) is 4.54. The molecule has 1 aliphatic rings. The van der Waals surface area contributed by atoms with Crippen LogP contribution in [0.15, 0.2) is 18.5 Å². The van der Waals surface area contributed by atoms with Crippen molar-refractivity contribution in [2.45, 2.75) is 12.8 Å². The topological polar surface area (TPSA) is 80.9 Å². The number of nitrogens with two attached hydrogens (primary N) is 1. The maximum absolute atomic E-state index is 11.8. The lowest BCUT2D eigenvalue weighted by atomic mass is 10.1. The van der Waals surface area contributed by atoms with Gasteiger partial charge in [0.2, 0.25) is 11.9 Å². The minimum absolute atomic E-state index is 0.207. The molecule has 3 N–H and O–H groups in total. The third-order valence-electron chi connectivity index (χ3n) is 2.45. The lowest BCUT2D eigenvalue weighted by molar-refractivity contribution is -0.118. The van der Waals surface area contributed by atoms with Crippen LogP contribution >= 0.6 is 12.2 Å². The first-order chi connectivity index (χ1) is 7.15. The van der Waals surface area contributed by atoms with E-state index in [1.54, 1.807) is 18.5 Å². The Kier molecular flexibility index (Phi) is 2.36. The molecule has 0 atom stereocenters. The van der Waals surface area contributed by atoms with Crippen LogP contribution in [0.2, 0.25) is 0 Å². The minimum atomic E-state index is -0.658. The van der Waals surface area contributed by atoms with E-state index >= 15 is 0 Å². The fraction of sp³-hybridized carbons (Fsp3) is 0.333. The van der Waals surface area contributed by atoms with Gasteiger partial charge in [0.25, 0.3) is 0 Å². The number of nitrogens with one attached hydrogen (secondary N) is 1. The van der Waals surface area contributed by atoms with Crippen LogP contribution < -0.4 is 11.1 Å². The molecule has 1 fully saturated rings. The number of hydrogen-bond donors (Lipinski definition) is 2. The van der Waals surface area contributed by atoms with Gasteiger partial charge in [-0.15, -0.1) is 0 Å². The molecule has 0 radical (unpaired) electrons. The van der Waals surface area contributed by atoms with Crippen molar-refractivity contribution in [3.8, 4) is 0 Å². The van der Waals surface area contributed by atoms with Gasteiger partial charge in [0.1, 0.15) is 0 Å². The second kappa shape index (κ2) is 3.54. The number of hydrogen-bond acceptors (Lipinski definition) is 4. The second-order valence-electron chi connectivity index (χ2n) is 3.47. The number of amides is 1. The van der Waals surface area contributed by atoms with Gasteiger partial charge in [-0.05, 0) is 18.9 Å². The van der Waals surface area contributed by atoms with Crippen LogP contribution in [0.25, 0.3) is 0 Å². The Morgan fingerprint density at radius 3 is 2.53 bits per heavy atom. The average Bonchev–Trinajstić information content (AvgIpc) is 2.99. The Balaban J connectivity index is 2.08. The summed E-state index contributed by atoms with van der Waals surface area (Å²) >= 11 is 4.86. The standard InChI is InChI=1S/C9H10N4OS/c10-6(15)9(2-3-9)7(14)13-8-11-4-1-5-12-8/h1,4-5H,2-3H2,(H2,10,15)(H,11,12,13,14). The summed E-state index contributed by atoms with van der Waals surface area (Å²) in [5.74, 6) is 0.0752. The van der Waals surface area contributed by atoms with Crippen molar-refractivity contribution in [1.29, 1.82) is 0 Å². The van der Waals surface area contributed by atoms with Gasteiger partial charge in [-0.3, -0.25) is 10.1 Å². The molecule has 1 saturated carbocycles. The Morgan fingerprint density at radius 2 is 2.07 bits per heavy atom. The van der Waals surface area contributed by atoms with E-state index in [4.69, 9.17) is 18.0 Å². The molecule has 1 heterocycles. The van der Waals surface area contributed by atoms with Gasteiger partial charge in [0, 0.05) is 12.4 Å². The van der Waals surface area contributed by atoms with Gasteiger partial charge in [0.15, 0.2) is 0 Å². The summed E-state index contributed by atoms with van der Waals surface area (Å²) in [6, 6.07) is 1.68. The van der Waals surface area contributed by atoms with E-state index in [1.807, 2.05) is 0 Å². The monoisotopic (exact) mass is 222 g/mol. The first-order valence-electron chi connectivity index (χ1n) is 4.53. The van der Waals surface area contributed by atoms with E-state index in [0.29, 0.717) is 12.8 Å². The largest absolute Gasteiger partial charge is 0.392 e. The predicted octanol–water partition coefficient (Wildman–Crippen LogP) is 0.481. The molecule has 0 aliphatic heterocycles. The molecule has 1 aromatic rings. The summed E-state index contributed by atoms with van der Waals surface area (Å²) in [6.45, 7) is 0. The van der Waals surface area contributed by atoms with Gasteiger partial charge in [-0.2, -0.15) is 0 Å². The highest BCUT2D eigenvalue weighted by molar-refractivity contribution is 7.80. The number of thiocarbonyl (C=S) groups is 1. The minimum Gasteiger partial charge on any atom is -0.392 e. The second-order valence-corrected chi connectivity index (χ2v) is 3.91. The summed E-state index contributed by atoms with van der Waals surface area (Å²) in [4.78, 5) is 19.8. The fourth-order valence-electron chi connectivity index (χ4n) is 1.30. The molecule has 0 unspecified atom stereocenters. The van der Waals surface area contributed by atoms with Crippen LogP contribution in [0.4, 0.5) is 5.95 Å². The quantitative estimate of drug-likeness (QED) is 0.727. The Bertz CT molecular complexity index is 402. The normalized spacial score (nSPS) is 16.8. The Hall–Kier alpha value is -1.56. The third kappa shape index (κ3) is 1.80. The van der Waals surface area contributed by atoms with Gasteiger partial charge in [0.05, 0.1) is 10.4 Å². The van der Waals surface area contributed by atoms with E-state index < -0.39 is 5.41 Å². The molecular weight excluding hydrogens is 212 g/mol. The molecule has 0 saturated heterocycles. The smallest absolute Gasteiger partial charge is 0.239 e. The van der Waals surface area contributed by atoms with E-state index in [2.05, 4.69) is 15.3 Å². The summed E-state index contributed by atoms with van der Waals surface area (Å²) in [5, 5.41) is 2.60. The zero-order chi connectivity index (χ0) is 10.9. The van der Waals surface area contributed by atoms with Crippen molar-refractivity contribution < 1.29 is 4.79 Å². The van der Waals surface area contributed by atoms with Gasteiger partial charge >= 0.3 is 0 Å². The van der Waals surface area contributed by atoms with Crippen LogP contribution in [0, 0.1) is 5.41 Å². The zero-order valence-corrected chi connectivity index (χ0v) is 8.75. The molecule has 15 heavy (non-hydrogen) atoms. The van der Waals surface area contributed by atoms with Crippen LogP contribution in [0.5, 0.6) is 0 Å². The van der Waals surface area contributed by atoms with E-state index in [9.17, 15) is 4.79 Å². The van der Waals surface area contributed by atoms with Crippen molar-refractivity contribution >= 4 is 29.1 Å². The molecule has 1 aromatic heterocycles. The first-order valence-corrected chi connectivity index (χ1v) is 4.94. The fourth-order valence-corrected chi connectivity index (χ4v) is 1.59. The van der Waals surface area contributed by atoms with Crippen molar-refractivity contribution in [2.75, 3.05) is 5.32 Å². The molecule has 1 aliphatic carbocycles. The third-order valence-corrected chi connectivity index (χ3v) is 2.84. The number of aromatic nitrogens is 2. The van der Waals surface area contributed by atoms with Crippen molar-refractivity contribution in [3.63, 3.8) is 0 Å². The van der Waals surface area contributed by atoms with Crippen molar-refractivity contribution in [2.24, 2.45) is 11.1 Å². The predicted molar refractivity (Wildman–Crippen MR) is 59.1 cm³/mol. The molecule has 6 heteroatoms. The van der Waals surface area contributed by atoms with Gasteiger partial charge in [-0.25, -0.2) is 9.97 Å². The Labute approximate surface area is 92.1 Å². The number of anilines is 1. The molecule has 0 aromatic carbocycles. The lowest BCUT2D eigenvalue weighted by Crippen LogP contribution is -2.35. The van der Waals surface area contributed by atoms with E-state index in [1.165, 1.54) is 0 Å². The maximum Gasteiger partial charge on any atom is 0.239 e. The van der Waals surface area contributed by atoms with Crippen LogP contribution in [-0.2, 0) is 4.79 Å².